The summed E-state index contributed by atoms with van der Waals surface area (Å²) in [4.78, 5) is 13.1. The normalized spacial score (nSPS) is 21.5. The van der Waals surface area contributed by atoms with Gasteiger partial charge in [0, 0.05) is 17.3 Å². The molecule has 0 bridgehead atoms. The average Bonchev–Trinajstić information content (AvgIpc) is 2.91. The van der Waals surface area contributed by atoms with Crippen LogP contribution in [0, 0.1) is 0 Å². The van der Waals surface area contributed by atoms with Gasteiger partial charge < -0.3 is 10.6 Å². The molecule has 3 nitrogen and oxygen atoms in total. The van der Waals surface area contributed by atoms with Gasteiger partial charge in [-0.2, -0.15) is 0 Å². The molecule has 1 aromatic rings. The lowest BCUT2D eigenvalue weighted by molar-refractivity contribution is -0.121. The average molecular weight is 266 g/mol. The molecule has 1 saturated heterocycles. The van der Waals surface area contributed by atoms with Gasteiger partial charge in [-0.25, -0.2) is 0 Å². The summed E-state index contributed by atoms with van der Waals surface area (Å²) in [6, 6.07) is 4.77. The predicted octanol–water partition coefficient (Wildman–Crippen LogP) is 2.85. The lowest BCUT2D eigenvalue weighted by atomic mass is 10.0. The molecule has 0 saturated carbocycles. The lowest BCUT2D eigenvalue weighted by Gasteiger charge is -2.23. The fourth-order valence-corrected chi connectivity index (χ4v) is 3.13. The third kappa shape index (κ3) is 4.10. The summed E-state index contributed by atoms with van der Waals surface area (Å²) in [6.07, 6.45) is 5.38. The number of rotatable bonds is 5. The Hall–Kier alpha value is -0.870. The maximum Gasteiger partial charge on any atom is 0.220 e. The second kappa shape index (κ2) is 6.90. The van der Waals surface area contributed by atoms with E-state index in [1.54, 1.807) is 11.3 Å². The number of carbonyl (C=O) groups excluding carboxylic acids is 1. The Morgan fingerprint density at radius 3 is 3.17 bits per heavy atom. The van der Waals surface area contributed by atoms with Gasteiger partial charge in [0.25, 0.3) is 0 Å². The Bertz CT molecular complexity index is 358. The molecule has 2 N–H and O–H groups in total. The number of nitrogens with one attached hydrogen (secondary N) is 2. The Labute approximate surface area is 113 Å². The van der Waals surface area contributed by atoms with Crippen LogP contribution in [0.25, 0.3) is 0 Å². The molecule has 1 amide bonds. The summed E-state index contributed by atoms with van der Waals surface area (Å²) < 4.78 is 0. The SMILES string of the molecule is CC(NC(=O)CCC1CCCCN1)c1cccs1. The third-order valence-corrected chi connectivity index (χ3v) is 4.53. The van der Waals surface area contributed by atoms with Gasteiger partial charge in [-0.15, -0.1) is 11.3 Å². The minimum atomic E-state index is 0.136. The van der Waals surface area contributed by atoms with E-state index in [-0.39, 0.29) is 11.9 Å². The lowest BCUT2D eigenvalue weighted by Crippen LogP contribution is -2.35. The first kappa shape index (κ1) is 13.6. The third-order valence-electron chi connectivity index (χ3n) is 3.48. The molecule has 0 aliphatic carbocycles. The maximum atomic E-state index is 11.9. The highest BCUT2D eigenvalue weighted by molar-refractivity contribution is 7.10. The highest BCUT2D eigenvalue weighted by Gasteiger charge is 2.15. The van der Waals surface area contributed by atoms with Crippen LogP contribution in [0.15, 0.2) is 17.5 Å². The van der Waals surface area contributed by atoms with Crippen LogP contribution in [0.5, 0.6) is 0 Å². The van der Waals surface area contributed by atoms with E-state index >= 15 is 0 Å². The first-order valence-corrected chi connectivity index (χ1v) is 7.70. The molecule has 4 heteroatoms. The molecule has 100 valence electrons. The minimum Gasteiger partial charge on any atom is -0.349 e. The monoisotopic (exact) mass is 266 g/mol. The molecule has 2 rings (SSSR count). The maximum absolute atomic E-state index is 11.9. The molecule has 0 aromatic carbocycles. The van der Waals surface area contributed by atoms with E-state index in [1.807, 2.05) is 18.4 Å². The zero-order valence-electron chi connectivity index (χ0n) is 10.9. The fraction of sp³-hybridized carbons (Fsp3) is 0.643. The first-order chi connectivity index (χ1) is 8.75. The van der Waals surface area contributed by atoms with Crippen molar-refractivity contribution in [3.8, 4) is 0 Å². The summed E-state index contributed by atoms with van der Waals surface area (Å²) in [5.41, 5.74) is 0. The van der Waals surface area contributed by atoms with Crippen LogP contribution in [-0.4, -0.2) is 18.5 Å². The molecule has 2 heterocycles. The zero-order chi connectivity index (χ0) is 12.8. The smallest absolute Gasteiger partial charge is 0.220 e. The van der Waals surface area contributed by atoms with E-state index in [9.17, 15) is 4.79 Å². The molecule has 0 spiro atoms. The van der Waals surface area contributed by atoms with Gasteiger partial charge >= 0.3 is 0 Å². The summed E-state index contributed by atoms with van der Waals surface area (Å²) in [7, 11) is 0. The summed E-state index contributed by atoms with van der Waals surface area (Å²) in [6.45, 7) is 3.15. The second-order valence-electron chi connectivity index (χ2n) is 4.99. The number of hydrogen-bond acceptors (Lipinski definition) is 3. The quantitative estimate of drug-likeness (QED) is 0.860. The topological polar surface area (TPSA) is 41.1 Å². The van der Waals surface area contributed by atoms with Crippen molar-refractivity contribution < 1.29 is 4.79 Å². The van der Waals surface area contributed by atoms with Gasteiger partial charge in [0.05, 0.1) is 6.04 Å². The van der Waals surface area contributed by atoms with Crippen molar-refractivity contribution >= 4 is 17.2 Å². The van der Waals surface area contributed by atoms with Crippen molar-refractivity contribution in [1.82, 2.24) is 10.6 Å². The van der Waals surface area contributed by atoms with Crippen molar-refractivity contribution in [1.29, 1.82) is 0 Å². The van der Waals surface area contributed by atoms with E-state index in [0.717, 1.165) is 13.0 Å². The molecule has 1 aliphatic rings. The van der Waals surface area contributed by atoms with Crippen molar-refractivity contribution in [2.24, 2.45) is 0 Å². The number of thiophene rings is 1. The van der Waals surface area contributed by atoms with Gasteiger partial charge in [0.15, 0.2) is 0 Å². The van der Waals surface area contributed by atoms with Gasteiger partial charge in [-0.05, 0) is 44.2 Å². The molecule has 2 atom stereocenters. The molecule has 1 fully saturated rings. The van der Waals surface area contributed by atoms with Crippen LogP contribution in [0.2, 0.25) is 0 Å². The number of amides is 1. The first-order valence-electron chi connectivity index (χ1n) is 6.82. The van der Waals surface area contributed by atoms with E-state index in [4.69, 9.17) is 0 Å². The van der Waals surface area contributed by atoms with Crippen molar-refractivity contribution in [2.75, 3.05) is 6.54 Å². The standard InChI is InChI=1S/C14H22N2OS/c1-11(13-6-4-10-18-13)16-14(17)8-7-12-5-2-3-9-15-12/h4,6,10-12,15H,2-3,5,7-9H2,1H3,(H,16,17). The highest BCUT2D eigenvalue weighted by Crippen LogP contribution is 2.18. The molecule has 1 aliphatic heterocycles. The molecule has 1 aromatic heterocycles. The Balaban J connectivity index is 1.68. The molecular weight excluding hydrogens is 244 g/mol. The van der Waals surface area contributed by atoms with Crippen LogP contribution in [0.1, 0.15) is 49.9 Å². The number of carbonyl (C=O) groups is 1. The van der Waals surface area contributed by atoms with Gasteiger partial charge in [-0.1, -0.05) is 12.5 Å². The van der Waals surface area contributed by atoms with Crippen LogP contribution < -0.4 is 10.6 Å². The Kier molecular flexibility index (Phi) is 5.20. The van der Waals surface area contributed by atoms with Crippen molar-refractivity contribution in [2.45, 2.75) is 51.1 Å². The Morgan fingerprint density at radius 2 is 2.50 bits per heavy atom. The molecular formula is C14H22N2OS. The van der Waals surface area contributed by atoms with Crippen LogP contribution >= 0.6 is 11.3 Å². The van der Waals surface area contributed by atoms with Crippen molar-refractivity contribution in [3.05, 3.63) is 22.4 Å². The molecule has 2 unspecified atom stereocenters. The minimum absolute atomic E-state index is 0.136. The van der Waals surface area contributed by atoms with Gasteiger partial charge in [0.1, 0.15) is 0 Å². The highest BCUT2D eigenvalue weighted by atomic mass is 32.1. The van der Waals surface area contributed by atoms with E-state index in [0.29, 0.717) is 12.5 Å². The largest absolute Gasteiger partial charge is 0.349 e. The van der Waals surface area contributed by atoms with E-state index < -0.39 is 0 Å². The molecule has 0 radical (unpaired) electrons. The van der Waals surface area contributed by atoms with Gasteiger partial charge in [-0.3, -0.25) is 4.79 Å². The predicted molar refractivity (Wildman–Crippen MR) is 75.8 cm³/mol. The second-order valence-corrected chi connectivity index (χ2v) is 5.97. The zero-order valence-corrected chi connectivity index (χ0v) is 11.8. The van der Waals surface area contributed by atoms with E-state index in [2.05, 4.69) is 16.7 Å². The van der Waals surface area contributed by atoms with Gasteiger partial charge in [0.2, 0.25) is 5.91 Å². The Morgan fingerprint density at radius 1 is 1.61 bits per heavy atom. The fourth-order valence-electron chi connectivity index (χ4n) is 2.40. The summed E-state index contributed by atoms with van der Waals surface area (Å²) in [5.74, 6) is 0.170. The van der Waals surface area contributed by atoms with Crippen LogP contribution in [0.3, 0.4) is 0 Å². The summed E-state index contributed by atoms with van der Waals surface area (Å²) in [5, 5.41) is 8.59. The van der Waals surface area contributed by atoms with Crippen LogP contribution in [-0.2, 0) is 4.79 Å². The van der Waals surface area contributed by atoms with Crippen molar-refractivity contribution in [3.63, 3.8) is 0 Å². The summed E-state index contributed by atoms with van der Waals surface area (Å²) >= 11 is 1.69. The number of piperidine rings is 1. The number of hydrogen-bond donors (Lipinski definition) is 2. The van der Waals surface area contributed by atoms with E-state index in [1.165, 1.54) is 24.1 Å². The van der Waals surface area contributed by atoms with Crippen LogP contribution in [0.4, 0.5) is 0 Å². The molecule has 18 heavy (non-hydrogen) atoms.